The summed E-state index contributed by atoms with van der Waals surface area (Å²) in [6.45, 7) is 10.5. The van der Waals surface area contributed by atoms with Crippen LogP contribution >= 0.6 is 0 Å². The Labute approximate surface area is 180 Å². The fourth-order valence-corrected chi connectivity index (χ4v) is 4.96. The number of nitrogens with zero attached hydrogens (tertiary/aromatic N) is 2. The molecule has 0 saturated heterocycles. The van der Waals surface area contributed by atoms with E-state index in [1.807, 2.05) is 43.3 Å². The molecule has 30 heavy (non-hydrogen) atoms. The maximum Gasteiger partial charge on any atom is 0.256 e. The summed E-state index contributed by atoms with van der Waals surface area (Å²) in [5, 5.41) is 7.77. The molecule has 1 aliphatic heterocycles. The highest BCUT2D eigenvalue weighted by Crippen LogP contribution is 2.33. The molecule has 2 aromatic carbocycles. The van der Waals surface area contributed by atoms with E-state index in [9.17, 15) is 9.00 Å². The number of hydrogen-bond donors (Lipinski definition) is 1. The average molecular weight is 422 g/mol. The Bertz CT molecular complexity index is 1150. The lowest BCUT2D eigenvalue weighted by atomic mass is 9.87. The SMILES string of the molecule is Cc1cccc(-n2nc3c(c2NC(=O)c2ccc(C(C)(C)C)cc2)C[S@](=O)C3)c1C. The van der Waals surface area contributed by atoms with Crippen LogP contribution in [0.5, 0.6) is 0 Å². The fraction of sp³-hybridized carbons (Fsp3) is 0.333. The van der Waals surface area contributed by atoms with E-state index in [0.29, 0.717) is 22.9 Å². The van der Waals surface area contributed by atoms with Crippen LogP contribution in [0.25, 0.3) is 5.69 Å². The van der Waals surface area contributed by atoms with Gasteiger partial charge in [-0.3, -0.25) is 9.00 Å². The third-order valence-corrected chi connectivity index (χ3v) is 6.93. The van der Waals surface area contributed by atoms with Gasteiger partial charge in [-0.25, -0.2) is 4.68 Å². The number of hydrogen-bond acceptors (Lipinski definition) is 3. The Morgan fingerprint density at radius 1 is 1.07 bits per heavy atom. The Hall–Kier alpha value is -2.73. The molecule has 2 heterocycles. The number of benzene rings is 2. The molecule has 1 amide bonds. The summed E-state index contributed by atoms with van der Waals surface area (Å²) in [4.78, 5) is 13.1. The van der Waals surface area contributed by atoms with Crippen molar-refractivity contribution in [3.8, 4) is 5.69 Å². The zero-order valence-electron chi connectivity index (χ0n) is 18.1. The first kappa shape index (κ1) is 20.5. The molecule has 1 atom stereocenters. The van der Waals surface area contributed by atoms with Crippen LogP contribution in [0.3, 0.4) is 0 Å². The Balaban J connectivity index is 1.72. The highest BCUT2D eigenvalue weighted by Gasteiger charge is 2.29. The number of fused-ring (bicyclic) bond motifs is 1. The third-order valence-electron chi connectivity index (χ3n) is 5.72. The molecule has 0 radical (unpaired) electrons. The van der Waals surface area contributed by atoms with E-state index in [1.165, 1.54) is 5.56 Å². The van der Waals surface area contributed by atoms with Gasteiger partial charge in [0.2, 0.25) is 0 Å². The van der Waals surface area contributed by atoms with Gasteiger partial charge in [-0.15, -0.1) is 0 Å². The lowest BCUT2D eigenvalue weighted by molar-refractivity contribution is 0.102. The molecule has 0 unspecified atom stereocenters. The number of carbonyl (C=O) groups excluding carboxylic acids is 1. The van der Waals surface area contributed by atoms with Crippen LogP contribution in [0.15, 0.2) is 42.5 Å². The second-order valence-corrected chi connectivity index (χ2v) is 10.4. The Kier molecular flexibility index (Phi) is 5.14. The molecule has 0 fully saturated rings. The first-order valence-electron chi connectivity index (χ1n) is 10.1. The second kappa shape index (κ2) is 7.51. The van der Waals surface area contributed by atoms with Gasteiger partial charge in [-0.05, 0) is 54.2 Å². The summed E-state index contributed by atoms with van der Waals surface area (Å²) < 4.78 is 13.9. The summed E-state index contributed by atoms with van der Waals surface area (Å²) in [7, 11) is -0.972. The van der Waals surface area contributed by atoms with Crippen LogP contribution in [0, 0.1) is 13.8 Å². The largest absolute Gasteiger partial charge is 0.306 e. The normalized spacial score (nSPS) is 15.8. The van der Waals surface area contributed by atoms with Gasteiger partial charge in [-0.2, -0.15) is 5.10 Å². The van der Waals surface area contributed by atoms with Crippen molar-refractivity contribution in [3.05, 3.63) is 76.0 Å². The molecular weight excluding hydrogens is 394 g/mol. The smallest absolute Gasteiger partial charge is 0.256 e. The summed E-state index contributed by atoms with van der Waals surface area (Å²) >= 11 is 0. The molecule has 0 spiro atoms. The van der Waals surface area contributed by atoms with Gasteiger partial charge in [0.1, 0.15) is 5.82 Å². The van der Waals surface area contributed by atoms with Crippen molar-refractivity contribution in [2.75, 3.05) is 5.32 Å². The maximum atomic E-state index is 13.1. The minimum atomic E-state index is -0.972. The molecule has 156 valence electrons. The van der Waals surface area contributed by atoms with Gasteiger partial charge in [-0.1, -0.05) is 45.0 Å². The first-order chi connectivity index (χ1) is 14.1. The summed E-state index contributed by atoms with van der Waals surface area (Å²) in [6, 6.07) is 13.7. The quantitative estimate of drug-likeness (QED) is 0.661. The van der Waals surface area contributed by atoms with E-state index >= 15 is 0 Å². The molecule has 1 aromatic heterocycles. The third kappa shape index (κ3) is 3.72. The first-order valence-corrected chi connectivity index (χ1v) is 11.6. The highest BCUT2D eigenvalue weighted by molar-refractivity contribution is 7.83. The average Bonchev–Trinajstić information content (AvgIpc) is 3.20. The van der Waals surface area contributed by atoms with Crippen LogP contribution in [0.2, 0.25) is 0 Å². The molecule has 0 aliphatic carbocycles. The minimum absolute atomic E-state index is 0.0290. The molecule has 4 rings (SSSR count). The van der Waals surface area contributed by atoms with Gasteiger partial charge in [0, 0.05) is 21.9 Å². The molecule has 6 heteroatoms. The molecular formula is C24H27N3O2S. The van der Waals surface area contributed by atoms with E-state index in [0.717, 1.165) is 28.1 Å². The lowest BCUT2D eigenvalue weighted by Crippen LogP contribution is -2.18. The molecule has 1 N–H and O–H groups in total. The number of aromatic nitrogens is 2. The number of anilines is 1. The fourth-order valence-electron chi connectivity index (χ4n) is 3.70. The zero-order valence-corrected chi connectivity index (χ0v) is 18.9. The van der Waals surface area contributed by atoms with Crippen molar-refractivity contribution in [1.29, 1.82) is 0 Å². The van der Waals surface area contributed by atoms with Crippen LogP contribution < -0.4 is 5.32 Å². The topological polar surface area (TPSA) is 64.0 Å². The van der Waals surface area contributed by atoms with Crippen LogP contribution in [0.1, 0.15) is 59.1 Å². The zero-order chi connectivity index (χ0) is 21.6. The van der Waals surface area contributed by atoms with Crippen molar-refractivity contribution in [3.63, 3.8) is 0 Å². The van der Waals surface area contributed by atoms with Crippen molar-refractivity contribution >= 4 is 22.5 Å². The maximum absolute atomic E-state index is 13.1. The van der Waals surface area contributed by atoms with Crippen LogP contribution in [-0.4, -0.2) is 19.9 Å². The van der Waals surface area contributed by atoms with E-state index in [2.05, 4.69) is 39.1 Å². The van der Waals surface area contributed by atoms with Gasteiger partial charge < -0.3 is 5.32 Å². The predicted molar refractivity (Wildman–Crippen MR) is 122 cm³/mol. The van der Waals surface area contributed by atoms with Crippen molar-refractivity contribution in [1.82, 2.24) is 9.78 Å². The predicted octanol–water partition coefficient (Wildman–Crippen LogP) is 4.80. The lowest BCUT2D eigenvalue weighted by Gasteiger charge is -2.19. The van der Waals surface area contributed by atoms with Gasteiger partial charge in [0.25, 0.3) is 5.91 Å². The number of nitrogens with one attached hydrogen (secondary N) is 1. The summed E-state index contributed by atoms with van der Waals surface area (Å²) in [5.74, 6) is 1.27. The van der Waals surface area contributed by atoms with Crippen molar-refractivity contribution in [2.24, 2.45) is 0 Å². The van der Waals surface area contributed by atoms with E-state index < -0.39 is 10.8 Å². The molecule has 0 bridgehead atoms. The monoisotopic (exact) mass is 421 g/mol. The number of carbonyl (C=O) groups is 1. The Morgan fingerprint density at radius 2 is 1.77 bits per heavy atom. The molecule has 1 aliphatic rings. The minimum Gasteiger partial charge on any atom is -0.306 e. The summed E-state index contributed by atoms with van der Waals surface area (Å²) in [5.41, 5.74) is 6.64. The Morgan fingerprint density at radius 3 is 2.43 bits per heavy atom. The number of amides is 1. The number of rotatable bonds is 3. The van der Waals surface area contributed by atoms with Gasteiger partial charge in [0.15, 0.2) is 0 Å². The van der Waals surface area contributed by atoms with Crippen molar-refractivity contribution < 1.29 is 9.00 Å². The van der Waals surface area contributed by atoms with E-state index in [-0.39, 0.29) is 11.3 Å². The molecule has 5 nitrogen and oxygen atoms in total. The van der Waals surface area contributed by atoms with E-state index in [4.69, 9.17) is 5.10 Å². The van der Waals surface area contributed by atoms with Crippen LogP contribution in [-0.2, 0) is 27.7 Å². The standard InChI is InChI=1S/C24H27N3O2S/c1-15-7-6-8-21(16(15)2)27-22(19-13-30(29)14-20(19)26-27)25-23(28)17-9-11-18(12-10-17)24(3,4)5/h6-12H,13-14H2,1-5H3,(H,25,28)/t30-/m0/s1. The summed E-state index contributed by atoms with van der Waals surface area (Å²) in [6.07, 6.45) is 0. The highest BCUT2D eigenvalue weighted by atomic mass is 32.2. The number of aryl methyl sites for hydroxylation is 1. The van der Waals surface area contributed by atoms with Gasteiger partial charge in [0.05, 0.1) is 22.9 Å². The van der Waals surface area contributed by atoms with Gasteiger partial charge >= 0.3 is 0 Å². The second-order valence-electron chi connectivity index (χ2n) is 8.91. The molecule has 3 aromatic rings. The van der Waals surface area contributed by atoms with Crippen LogP contribution in [0.4, 0.5) is 5.82 Å². The molecule has 0 saturated carbocycles. The van der Waals surface area contributed by atoms with E-state index in [1.54, 1.807) is 4.68 Å². The van der Waals surface area contributed by atoms with Crippen molar-refractivity contribution in [2.45, 2.75) is 51.5 Å².